The number of fused-ring (bicyclic) bond motifs is 2. The Morgan fingerprint density at radius 1 is 1.06 bits per heavy atom. The zero-order chi connectivity index (χ0) is 24.8. The van der Waals surface area contributed by atoms with E-state index in [1.54, 1.807) is 25.7 Å². The number of anilines is 1. The summed E-state index contributed by atoms with van der Waals surface area (Å²) in [6, 6.07) is 22.6. The summed E-state index contributed by atoms with van der Waals surface area (Å²) in [5.74, 6) is -0.365. The Balaban J connectivity index is 1.73. The molecule has 3 aromatic carbocycles. The van der Waals surface area contributed by atoms with Gasteiger partial charge in [-0.1, -0.05) is 63.6 Å². The Morgan fingerprint density at radius 2 is 1.77 bits per heavy atom. The number of carbonyl (C=O) groups is 2. The monoisotopic (exact) mass is 533 g/mol. The maximum Gasteiger partial charge on any atom is 0.410 e. The van der Waals surface area contributed by atoms with Crippen LogP contribution in [0.2, 0.25) is 0 Å². The molecule has 0 saturated carbocycles. The minimum absolute atomic E-state index is 0.318. The largest absolute Gasteiger partial charge is 0.444 e. The first-order chi connectivity index (χ1) is 16.7. The lowest BCUT2D eigenvalue weighted by molar-refractivity contribution is -0.126. The van der Waals surface area contributed by atoms with Crippen molar-refractivity contribution in [3.8, 4) is 0 Å². The molecule has 35 heavy (non-hydrogen) atoms. The van der Waals surface area contributed by atoms with Gasteiger partial charge in [-0.25, -0.2) is 9.48 Å². The van der Waals surface area contributed by atoms with Crippen molar-refractivity contribution in [1.82, 2.24) is 20.3 Å². The van der Waals surface area contributed by atoms with Crippen molar-refractivity contribution >= 4 is 44.7 Å². The molecule has 8 nitrogen and oxygen atoms in total. The number of para-hydroxylation sites is 1. The van der Waals surface area contributed by atoms with Crippen molar-refractivity contribution in [3.05, 3.63) is 88.4 Å². The van der Waals surface area contributed by atoms with Crippen molar-refractivity contribution in [2.24, 2.45) is 0 Å². The van der Waals surface area contributed by atoms with E-state index in [1.165, 1.54) is 4.68 Å². The fourth-order valence-corrected chi connectivity index (χ4v) is 4.68. The molecule has 0 saturated heterocycles. The summed E-state index contributed by atoms with van der Waals surface area (Å²) < 4.78 is 7.82. The predicted octanol–water partition coefficient (Wildman–Crippen LogP) is 4.97. The maximum absolute atomic E-state index is 14.4. The van der Waals surface area contributed by atoms with Gasteiger partial charge in [0, 0.05) is 10.0 Å². The second kappa shape index (κ2) is 8.49. The smallest absolute Gasteiger partial charge is 0.410 e. The summed E-state index contributed by atoms with van der Waals surface area (Å²) in [5, 5.41) is 11.5. The average Bonchev–Trinajstić information content (AvgIpc) is 3.33. The highest BCUT2D eigenvalue weighted by molar-refractivity contribution is 9.10. The van der Waals surface area contributed by atoms with E-state index < -0.39 is 17.4 Å². The van der Waals surface area contributed by atoms with Crippen LogP contribution in [0.4, 0.5) is 10.5 Å². The molecule has 1 N–H and O–H groups in total. The number of nitrogens with one attached hydrogen (secondary N) is 1. The third-order valence-electron chi connectivity index (χ3n) is 5.73. The van der Waals surface area contributed by atoms with E-state index in [4.69, 9.17) is 4.74 Å². The van der Waals surface area contributed by atoms with E-state index in [9.17, 15) is 9.59 Å². The molecular weight excluding hydrogens is 510 g/mol. The highest BCUT2D eigenvalue weighted by Gasteiger charge is 2.56. The van der Waals surface area contributed by atoms with Gasteiger partial charge in [-0.05, 0) is 56.7 Å². The standard InChI is InChI=1S/C26H24BrN5O3/c1-25(2,3)35-24(34)28-26(32-22-12-8-7-11-20(22)29-30-32)19-15-18(27)13-14-21(19)31(23(26)33)16-17-9-5-4-6-10-17/h4-15H,16H2,1-3H3,(H,28,34)/t26-/m0/s1. The molecular formula is C26H24BrN5O3. The van der Waals surface area contributed by atoms with Crippen LogP contribution in [-0.2, 0) is 21.7 Å². The van der Waals surface area contributed by atoms with Crippen LogP contribution < -0.4 is 10.2 Å². The van der Waals surface area contributed by atoms with E-state index in [-0.39, 0.29) is 5.91 Å². The van der Waals surface area contributed by atoms with Crippen molar-refractivity contribution in [2.45, 2.75) is 38.6 Å². The molecule has 1 aliphatic heterocycles. The van der Waals surface area contributed by atoms with Gasteiger partial charge in [0.1, 0.15) is 11.1 Å². The fraction of sp³-hybridized carbons (Fsp3) is 0.231. The number of nitrogens with zero attached hydrogens (tertiary/aromatic N) is 4. The van der Waals surface area contributed by atoms with E-state index in [0.717, 1.165) is 10.0 Å². The molecule has 0 spiro atoms. The Bertz CT molecular complexity index is 1430. The topological polar surface area (TPSA) is 89.3 Å². The lowest BCUT2D eigenvalue weighted by Crippen LogP contribution is -2.58. The second-order valence-corrected chi connectivity index (χ2v) is 10.3. The van der Waals surface area contributed by atoms with Crippen LogP contribution in [0.1, 0.15) is 31.9 Å². The summed E-state index contributed by atoms with van der Waals surface area (Å²) in [4.78, 5) is 29.2. The Labute approximate surface area is 211 Å². The van der Waals surface area contributed by atoms with Crippen LogP contribution in [0, 0.1) is 0 Å². The van der Waals surface area contributed by atoms with Gasteiger partial charge in [-0.3, -0.25) is 10.1 Å². The van der Waals surface area contributed by atoms with Gasteiger partial charge in [0.25, 0.3) is 5.91 Å². The van der Waals surface area contributed by atoms with Gasteiger partial charge in [-0.2, -0.15) is 0 Å². The molecule has 4 aromatic rings. The number of rotatable bonds is 4. The van der Waals surface area contributed by atoms with Crippen LogP contribution in [0.15, 0.2) is 77.3 Å². The van der Waals surface area contributed by atoms with Crippen molar-refractivity contribution in [3.63, 3.8) is 0 Å². The normalized spacial score (nSPS) is 17.5. The molecule has 0 fully saturated rings. The molecule has 178 valence electrons. The Kier molecular flexibility index (Phi) is 5.59. The van der Waals surface area contributed by atoms with E-state index in [2.05, 4.69) is 31.6 Å². The number of aromatic nitrogens is 3. The number of carbonyl (C=O) groups excluding carboxylic acids is 2. The first-order valence-corrected chi connectivity index (χ1v) is 12.0. The van der Waals surface area contributed by atoms with Gasteiger partial charge >= 0.3 is 6.09 Å². The van der Waals surface area contributed by atoms with Crippen LogP contribution in [0.3, 0.4) is 0 Å². The van der Waals surface area contributed by atoms with Crippen molar-refractivity contribution in [2.75, 3.05) is 4.90 Å². The fourth-order valence-electron chi connectivity index (χ4n) is 4.32. The van der Waals surface area contributed by atoms with Crippen LogP contribution in [-0.4, -0.2) is 32.6 Å². The lowest BCUT2D eigenvalue weighted by atomic mass is 10.0. The highest BCUT2D eigenvalue weighted by Crippen LogP contribution is 2.44. The first-order valence-electron chi connectivity index (χ1n) is 11.2. The molecule has 0 aliphatic carbocycles. The average molecular weight is 534 g/mol. The Morgan fingerprint density at radius 3 is 2.51 bits per heavy atom. The first kappa shape index (κ1) is 23.0. The van der Waals surface area contributed by atoms with Gasteiger partial charge < -0.3 is 9.64 Å². The molecule has 2 amide bonds. The van der Waals surface area contributed by atoms with Gasteiger partial charge in [0.15, 0.2) is 0 Å². The molecule has 5 rings (SSSR count). The molecule has 0 radical (unpaired) electrons. The molecule has 1 atom stereocenters. The van der Waals surface area contributed by atoms with E-state index >= 15 is 0 Å². The minimum Gasteiger partial charge on any atom is -0.444 e. The van der Waals surface area contributed by atoms with Crippen molar-refractivity contribution in [1.29, 1.82) is 0 Å². The third-order valence-corrected chi connectivity index (χ3v) is 6.22. The predicted molar refractivity (Wildman–Crippen MR) is 136 cm³/mol. The number of hydrogen-bond donors (Lipinski definition) is 1. The maximum atomic E-state index is 14.4. The molecule has 0 bridgehead atoms. The minimum atomic E-state index is -1.70. The van der Waals surface area contributed by atoms with Gasteiger partial charge in [-0.15, -0.1) is 5.10 Å². The van der Waals surface area contributed by atoms with Crippen LogP contribution >= 0.6 is 15.9 Å². The molecule has 2 heterocycles. The summed E-state index contributed by atoms with van der Waals surface area (Å²) in [7, 11) is 0. The quantitative estimate of drug-likeness (QED) is 0.400. The number of halogens is 1. The summed E-state index contributed by atoms with van der Waals surface area (Å²) in [6.07, 6.45) is -0.738. The summed E-state index contributed by atoms with van der Waals surface area (Å²) in [6.45, 7) is 5.63. The zero-order valence-electron chi connectivity index (χ0n) is 19.5. The highest BCUT2D eigenvalue weighted by atomic mass is 79.9. The molecule has 0 unspecified atom stereocenters. The molecule has 9 heteroatoms. The Hall–Kier alpha value is -3.72. The van der Waals surface area contributed by atoms with E-state index in [0.29, 0.717) is 28.8 Å². The third kappa shape index (κ3) is 4.05. The number of ether oxygens (including phenoxy) is 1. The lowest BCUT2D eigenvalue weighted by Gasteiger charge is -2.31. The molecule has 1 aromatic heterocycles. The molecule has 1 aliphatic rings. The van der Waals surface area contributed by atoms with E-state index in [1.807, 2.05) is 72.8 Å². The second-order valence-electron chi connectivity index (χ2n) is 9.37. The van der Waals surface area contributed by atoms with Crippen LogP contribution in [0.25, 0.3) is 11.0 Å². The van der Waals surface area contributed by atoms with Gasteiger partial charge in [0.2, 0.25) is 5.66 Å². The number of amides is 2. The summed E-state index contributed by atoms with van der Waals surface area (Å²) in [5.41, 5.74) is 0.916. The van der Waals surface area contributed by atoms with Gasteiger partial charge in [0.05, 0.1) is 17.7 Å². The van der Waals surface area contributed by atoms with Crippen LogP contribution in [0.5, 0.6) is 0 Å². The number of benzene rings is 3. The number of alkyl carbamates (subject to hydrolysis) is 1. The van der Waals surface area contributed by atoms with Crippen molar-refractivity contribution < 1.29 is 14.3 Å². The SMILES string of the molecule is CC(C)(C)OC(=O)N[C@@]1(n2nnc3ccccc32)C(=O)N(Cc2ccccc2)c2ccc(Br)cc21. The number of hydrogen-bond acceptors (Lipinski definition) is 5. The summed E-state index contributed by atoms with van der Waals surface area (Å²) >= 11 is 3.53. The zero-order valence-corrected chi connectivity index (χ0v) is 21.1.